The van der Waals surface area contributed by atoms with Crippen LogP contribution in [0.15, 0.2) is 48.8 Å². The zero-order valence-electron chi connectivity index (χ0n) is 25.7. The summed E-state index contributed by atoms with van der Waals surface area (Å²) < 4.78 is 55.3. The number of rotatable bonds is 12. The summed E-state index contributed by atoms with van der Waals surface area (Å²) in [6.45, 7) is 3.49. The molecule has 13 heteroatoms. The Bertz CT molecular complexity index is 1660. The third kappa shape index (κ3) is 6.52. The molecular weight excluding hydrogens is 573 g/mol. The Morgan fingerprint density at radius 2 is 1.82 bits per heavy atom. The SMILES string of the molecule is CC=CNc1cc(Nc2ncc(C(F)(F)F)c(-n3nc(C4CC4)c4cc(OC)ccc43)n2)c(OC)cc1N(C)CCN(C)C. The van der Waals surface area contributed by atoms with Gasteiger partial charge in [-0.05, 0) is 64.3 Å². The van der Waals surface area contributed by atoms with Gasteiger partial charge in [-0.2, -0.15) is 23.3 Å². The van der Waals surface area contributed by atoms with Crippen molar-refractivity contribution in [1.82, 2.24) is 24.6 Å². The molecule has 10 nitrogen and oxygen atoms in total. The lowest BCUT2D eigenvalue weighted by Crippen LogP contribution is -2.28. The van der Waals surface area contributed by atoms with E-state index in [4.69, 9.17) is 9.47 Å². The highest BCUT2D eigenvalue weighted by molar-refractivity contribution is 5.86. The van der Waals surface area contributed by atoms with Crippen LogP contribution in [-0.4, -0.2) is 73.1 Å². The van der Waals surface area contributed by atoms with Crippen LogP contribution >= 0.6 is 0 Å². The number of nitrogens with zero attached hydrogens (tertiary/aromatic N) is 6. The number of likely N-dealkylation sites (N-methyl/N-ethyl adjacent to an activating group) is 2. The number of ether oxygens (including phenoxy) is 2. The van der Waals surface area contributed by atoms with Crippen molar-refractivity contribution in [3.05, 3.63) is 60.1 Å². The van der Waals surface area contributed by atoms with Crippen LogP contribution in [0.3, 0.4) is 0 Å². The Hall–Kier alpha value is -4.52. The first kappa shape index (κ1) is 30.9. The highest BCUT2D eigenvalue weighted by Crippen LogP contribution is 2.44. The zero-order chi connectivity index (χ0) is 31.6. The quantitative estimate of drug-likeness (QED) is 0.189. The van der Waals surface area contributed by atoms with E-state index in [1.807, 2.05) is 46.3 Å². The third-order valence-corrected chi connectivity index (χ3v) is 7.42. The molecule has 1 saturated carbocycles. The first-order valence-electron chi connectivity index (χ1n) is 14.3. The maximum atomic E-state index is 14.3. The van der Waals surface area contributed by atoms with Crippen LogP contribution in [0, 0.1) is 0 Å². The molecule has 2 aromatic heterocycles. The number of allylic oxidation sites excluding steroid dienone is 1. The van der Waals surface area contributed by atoms with E-state index in [0.717, 1.165) is 54.6 Å². The summed E-state index contributed by atoms with van der Waals surface area (Å²) in [5.41, 5.74) is 2.36. The second-order valence-electron chi connectivity index (χ2n) is 10.9. The maximum absolute atomic E-state index is 14.3. The molecule has 0 saturated heterocycles. The fourth-order valence-corrected chi connectivity index (χ4v) is 4.89. The normalized spacial score (nSPS) is 13.6. The maximum Gasteiger partial charge on any atom is 0.421 e. The second kappa shape index (κ2) is 12.6. The number of fused-ring (bicyclic) bond motifs is 1. The van der Waals surface area contributed by atoms with Crippen LogP contribution in [0.2, 0.25) is 0 Å². The van der Waals surface area contributed by atoms with E-state index in [9.17, 15) is 13.2 Å². The molecule has 1 aliphatic rings. The van der Waals surface area contributed by atoms with Crippen molar-refractivity contribution < 1.29 is 22.6 Å². The van der Waals surface area contributed by atoms with Crippen LogP contribution in [0.25, 0.3) is 16.7 Å². The Morgan fingerprint density at radius 1 is 1.05 bits per heavy atom. The second-order valence-corrected chi connectivity index (χ2v) is 10.9. The zero-order valence-corrected chi connectivity index (χ0v) is 25.7. The summed E-state index contributed by atoms with van der Waals surface area (Å²) >= 11 is 0. The number of anilines is 4. The van der Waals surface area contributed by atoms with Crippen molar-refractivity contribution in [3.8, 4) is 17.3 Å². The molecule has 2 N–H and O–H groups in total. The Labute approximate surface area is 254 Å². The predicted octanol–water partition coefficient (Wildman–Crippen LogP) is 6.42. The molecule has 0 amide bonds. The van der Waals surface area contributed by atoms with Gasteiger partial charge in [-0.15, -0.1) is 0 Å². The van der Waals surface area contributed by atoms with Crippen LogP contribution in [-0.2, 0) is 6.18 Å². The number of hydrogen-bond acceptors (Lipinski definition) is 9. The minimum Gasteiger partial charge on any atom is -0.497 e. The summed E-state index contributed by atoms with van der Waals surface area (Å²) in [5, 5.41) is 11.8. The van der Waals surface area contributed by atoms with Crippen molar-refractivity contribution in [2.75, 3.05) is 64.0 Å². The van der Waals surface area contributed by atoms with Gasteiger partial charge in [-0.25, -0.2) is 9.67 Å². The first-order chi connectivity index (χ1) is 21.0. The van der Waals surface area contributed by atoms with Gasteiger partial charge in [0.2, 0.25) is 5.95 Å². The smallest absolute Gasteiger partial charge is 0.421 e. The summed E-state index contributed by atoms with van der Waals surface area (Å²) in [4.78, 5) is 12.6. The van der Waals surface area contributed by atoms with Crippen molar-refractivity contribution >= 4 is 33.9 Å². The van der Waals surface area contributed by atoms with Crippen LogP contribution < -0.4 is 25.0 Å². The molecule has 0 radical (unpaired) electrons. The van der Waals surface area contributed by atoms with E-state index in [1.54, 1.807) is 31.5 Å². The number of methoxy groups -OCH3 is 2. The molecule has 2 heterocycles. The van der Waals surface area contributed by atoms with Crippen LogP contribution in [0.1, 0.15) is 36.9 Å². The average Bonchev–Trinajstić information content (AvgIpc) is 3.77. The Morgan fingerprint density at radius 3 is 2.45 bits per heavy atom. The van der Waals surface area contributed by atoms with Crippen molar-refractivity contribution in [2.24, 2.45) is 0 Å². The van der Waals surface area contributed by atoms with Gasteiger partial charge in [0.15, 0.2) is 5.82 Å². The number of hydrogen-bond donors (Lipinski definition) is 2. The largest absolute Gasteiger partial charge is 0.497 e. The minimum atomic E-state index is -4.71. The molecule has 4 aromatic rings. The molecule has 1 fully saturated rings. The van der Waals surface area contributed by atoms with Crippen molar-refractivity contribution in [2.45, 2.75) is 31.9 Å². The van der Waals surface area contributed by atoms with Gasteiger partial charge in [-0.3, -0.25) is 0 Å². The molecule has 0 unspecified atom stereocenters. The van der Waals surface area contributed by atoms with Crippen molar-refractivity contribution in [1.29, 1.82) is 0 Å². The molecule has 44 heavy (non-hydrogen) atoms. The standard InChI is InChI=1S/C31H37F3N8O2/c1-7-12-35-23-16-24(27(44-6)17-26(23)41(4)14-13-40(2)3)37-30-36-18-22(31(32,33)34)29(38-30)42-25-11-10-20(43-5)15-21(25)28(39-42)19-8-9-19/h7,10-12,15-19,35H,8-9,13-14H2,1-6H3,(H,36,37,38). The number of aromatic nitrogens is 4. The fraction of sp³-hybridized carbons (Fsp3) is 0.387. The highest BCUT2D eigenvalue weighted by atomic mass is 19.4. The topological polar surface area (TPSA) is 92.6 Å². The lowest BCUT2D eigenvalue weighted by Gasteiger charge is -2.26. The van der Waals surface area contributed by atoms with Crippen LogP contribution in [0.4, 0.5) is 36.2 Å². The molecule has 1 aliphatic carbocycles. The van der Waals surface area contributed by atoms with Gasteiger partial charge in [0.25, 0.3) is 0 Å². The lowest BCUT2D eigenvalue weighted by molar-refractivity contribution is -0.138. The fourth-order valence-electron chi connectivity index (χ4n) is 4.89. The number of halogens is 3. The van der Waals surface area contributed by atoms with E-state index in [1.165, 1.54) is 11.8 Å². The van der Waals surface area contributed by atoms with E-state index in [2.05, 4.69) is 35.5 Å². The number of nitrogens with one attached hydrogen (secondary N) is 2. The molecule has 5 rings (SSSR count). The summed E-state index contributed by atoms with van der Waals surface area (Å²) in [7, 11) is 9.08. The number of benzene rings is 2. The molecule has 0 atom stereocenters. The summed E-state index contributed by atoms with van der Waals surface area (Å²) in [6.07, 6.45) is 1.60. The van der Waals surface area contributed by atoms with Gasteiger partial charge < -0.3 is 29.9 Å². The number of alkyl halides is 3. The third-order valence-electron chi connectivity index (χ3n) is 7.42. The van der Waals surface area contributed by atoms with E-state index in [-0.39, 0.29) is 17.7 Å². The molecule has 0 aliphatic heterocycles. The molecule has 234 valence electrons. The molecule has 0 bridgehead atoms. The molecular formula is C31H37F3N8O2. The van der Waals surface area contributed by atoms with Gasteiger partial charge in [-0.1, -0.05) is 6.08 Å². The summed E-state index contributed by atoms with van der Waals surface area (Å²) in [6, 6.07) is 8.90. The summed E-state index contributed by atoms with van der Waals surface area (Å²) in [5.74, 6) is 0.845. The molecule has 2 aromatic carbocycles. The van der Waals surface area contributed by atoms with E-state index < -0.39 is 11.7 Å². The molecule has 0 spiro atoms. The Kier molecular flexibility index (Phi) is 8.86. The van der Waals surface area contributed by atoms with Gasteiger partial charge in [0.1, 0.15) is 17.1 Å². The van der Waals surface area contributed by atoms with Gasteiger partial charge >= 0.3 is 6.18 Å². The Balaban J connectivity index is 1.60. The first-order valence-corrected chi connectivity index (χ1v) is 14.3. The minimum absolute atomic E-state index is 0.0397. The van der Waals surface area contributed by atoms with E-state index >= 15 is 0 Å². The van der Waals surface area contributed by atoms with Crippen molar-refractivity contribution in [3.63, 3.8) is 0 Å². The van der Waals surface area contributed by atoms with Gasteiger partial charge in [0, 0.05) is 43.7 Å². The van der Waals surface area contributed by atoms with E-state index in [0.29, 0.717) is 22.7 Å². The van der Waals surface area contributed by atoms with Gasteiger partial charge in [0.05, 0.1) is 42.5 Å². The van der Waals surface area contributed by atoms with Crippen LogP contribution in [0.5, 0.6) is 11.5 Å². The monoisotopic (exact) mass is 610 g/mol. The highest BCUT2D eigenvalue weighted by Gasteiger charge is 2.38. The lowest BCUT2D eigenvalue weighted by atomic mass is 10.1. The predicted molar refractivity (Wildman–Crippen MR) is 167 cm³/mol. The average molecular weight is 611 g/mol.